The average Bonchev–Trinajstić information content (AvgIpc) is 3.27. The van der Waals surface area contributed by atoms with E-state index in [1.54, 1.807) is 24.3 Å². The van der Waals surface area contributed by atoms with Crippen LogP contribution in [0.3, 0.4) is 0 Å². The first-order chi connectivity index (χ1) is 14.9. The Morgan fingerprint density at radius 1 is 1.10 bits per heavy atom. The number of hydrogen-bond donors (Lipinski definition) is 1. The van der Waals surface area contributed by atoms with Gasteiger partial charge in [0.1, 0.15) is 15.7 Å². The van der Waals surface area contributed by atoms with Gasteiger partial charge in [0.25, 0.3) is 5.56 Å². The molecule has 3 aromatic rings. The number of hydrogen-bond acceptors (Lipinski definition) is 6. The molecule has 164 valence electrons. The lowest BCUT2D eigenvalue weighted by Gasteiger charge is -2.32. The maximum atomic E-state index is 13.9. The van der Waals surface area contributed by atoms with Crippen LogP contribution >= 0.6 is 11.3 Å². The van der Waals surface area contributed by atoms with E-state index in [0.29, 0.717) is 39.2 Å². The zero-order chi connectivity index (χ0) is 21.8. The molecule has 0 aliphatic carbocycles. The van der Waals surface area contributed by atoms with Crippen molar-refractivity contribution in [2.45, 2.75) is 30.0 Å². The Morgan fingerprint density at radius 3 is 2.58 bits per heavy atom. The van der Waals surface area contributed by atoms with Crippen molar-refractivity contribution in [3.8, 4) is 10.6 Å². The van der Waals surface area contributed by atoms with Crippen molar-refractivity contribution in [3.63, 3.8) is 0 Å². The summed E-state index contributed by atoms with van der Waals surface area (Å²) in [4.78, 5) is 14.1. The molecule has 31 heavy (non-hydrogen) atoms. The molecule has 1 aromatic carbocycles. The Kier molecular flexibility index (Phi) is 6.64. The van der Waals surface area contributed by atoms with Gasteiger partial charge in [-0.2, -0.15) is 5.10 Å². The summed E-state index contributed by atoms with van der Waals surface area (Å²) in [5.74, 6) is 0.291. The van der Waals surface area contributed by atoms with Crippen LogP contribution in [-0.4, -0.2) is 42.4 Å². The molecule has 0 bridgehead atoms. The second-order valence-corrected chi connectivity index (χ2v) is 11.3. The fraction of sp³-hybridized carbons (Fsp3) is 0.364. The predicted octanol–water partition coefficient (Wildman–Crippen LogP) is 3.71. The summed E-state index contributed by atoms with van der Waals surface area (Å²) in [7, 11) is -3.37. The summed E-state index contributed by atoms with van der Waals surface area (Å²) in [5.41, 5.74) is 0.954. The Morgan fingerprint density at radius 2 is 1.87 bits per heavy atom. The van der Waals surface area contributed by atoms with Crippen molar-refractivity contribution < 1.29 is 12.8 Å². The topological polar surface area (TPSA) is 83.1 Å². The number of piperidine rings is 1. The van der Waals surface area contributed by atoms with E-state index in [1.807, 2.05) is 12.1 Å². The molecule has 3 heterocycles. The number of benzene rings is 1. The molecule has 1 aliphatic heterocycles. The minimum Gasteiger partial charge on any atom is -0.299 e. The molecule has 6 nitrogen and oxygen atoms in total. The van der Waals surface area contributed by atoms with Crippen LogP contribution in [0.25, 0.3) is 10.6 Å². The van der Waals surface area contributed by atoms with Crippen molar-refractivity contribution in [3.05, 3.63) is 70.3 Å². The number of thiophene rings is 1. The van der Waals surface area contributed by atoms with Crippen molar-refractivity contribution in [1.82, 2.24) is 15.1 Å². The first-order valence-electron chi connectivity index (χ1n) is 10.3. The minimum atomic E-state index is -3.37. The average molecular weight is 462 g/mol. The van der Waals surface area contributed by atoms with Crippen LogP contribution in [0.5, 0.6) is 0 Å². The number of nitrogens with one attached hydrogen (secondary N) is 1. The third-order valence-electron chi connectivity index (χ3n) is 5.67. The third kappa shape index (κ3) is 5.47. The zero-order valence-electron chi connectivity index (χ0n) is 17.0. The highest BCUT2D eigenvalue weighted by Crippen LogP contribution is 2.31. The van der Waals surface area contributed by atoms with Gasteiger partial charge in [0, 0.05) is 18.2 Å². The Balaban J connectivity index is 1.30. The van der Waals surface area contributed by atoms with Crippen LogP contribution in [0.2, 0.25) is 0 Å². The van der Waals surface area contributed by atoms with Crippen molar-refractivity contribution in [2.24, 2.45) is 5.92 Å². The van der Waals surface area contributed by atoms with E-state index in [2.05, 4.69) is 15.1 Å². The highest BCUT2D eigenvalue weighted by atomic mass is 32.2. The fourth-order valence-corrected chi connectivity index (χ4v) is 6.68. The van der Waals surface area contributed by atoms with Crippen molar-refractivity contribution >= 4 is 21.2 Å². The minimum absolute atomic E-state index is 0.115. The number of halogens is 1. The number of nitrogens with zero attached hydrogens (tertiary/aromatic N) is 2. The second-order valence-electron chi connectivity index (χ2n) is 7.84. The molecule has 2 aromatic heterocycles. The Labute approximate surface area is 184 Å². The van der Waals surface area contributed by atoms with Crippen molar-refractivity contribution in [2.75, 3.05) is 18.8 Å². The normalized spacial score (nSPS) is 15.9. The molecule has 0 saturated carbocycles. The standard InChI is InChI=1S/C22H24FN3O3S2/c23-18-4-2-1-3-17(18)15-26-12-9-16(10-13-26)11-14-31(28,29)22-8-6-20(30-22)19-5-7-21(27)25-24-19/h1-8,16H,9-15H2,(H,25,27). The van der Waals surface area contributed by atoms with E-state index >= 15 is 0 Å². The van der Waals surface area contributed by atoms with Gasteiger partial charge in [-0.1, -0.05) is 18.2 Å². The fourth-order valence-electron chi connectivity index (χ4n) is 3.83. The molecular weight excluding hydrogens is 437 g/mol. The number of sulfone groups is 1. The molecule has 0 spiro atoms. The number of aromatic nitrogens is 2. The summed E-state index contributed by atoms with van der Waals surface area (Å²) in [6.45, 7) is 2.29. The number of rotatable bonds is 7. The Bertz CT molecular complexity index is 1180. The van der Waals surface area contributed by atoms with Crippen LogP contribution in [0.15, 0.2) is 57.5 Å². The molecule has 0 unspecified atom stereocenters. The van der Waals surface area contributed by atoms with E-state index in [-0.39, 0.29) is 17.1 Å². The first-order valence-corrected chi connectivity index (χ1v) is 12.7. The van der Waals surface area contributed by atoms with Crippen LogP contribution in [0.4, 0.5) is 4.39 Å². The van der Waals surface area contributed by atoms with Crippen molar-refractivity contribution in [1.29, 1.82) is 0 Å². The first kappa shape index (κ1) is 21.9. The van der Waals surface area contributed by atoms with E-state index in [1.165, 1.54) is 23.5 Å². The summed E-state index contributed by atoms with van der Waals surface area (Å²) in [5, 5.41) is 6.32. The van der Waals surface area contributed by atoms with Gasteiger partial charge in [-0.05, 0) is 62.5 Å². The van der Waals surface area contributed by atoms with Crippen LogP contribution in [0.1, 0.15) is 24.8 Å². The lowest BCUT2D eigenvalue weighted by atomic mass is 9.94. The molecule has 1 aliphatic rings. The van der Waals surface area contributed by atoms with Crippen LogP contribution in [0, 0.1) is 11.7 Å². The van der Waals surface area contributed by atoms with E-state index in [0.717, 1.165) is 25.9 Å². The number of likely N-dealkylation sites (tertiary alicyclic amines) is 1. The monoisotopic (exact) mass is 461 g/mol. The lowest BCUT2D eigenvalue weighted by Crippen LogP contribution is -2.34. The Hall–Kier alpha value is -2.36. The SMILES string of the molecule is O=c1ccc(-c2ccc(S(=O)(=O)CCC3CCN(Cc4ccccc4F)CC3)s2)n[nH]1. The maximum Gasteiger partial charge on any atom is 0.264 e. The van der Waals surface area contributed by atoms with Gasteiger partial charge < -0.3 is 0 Å². The zero-order valence-corrected chi connectivity index (χ0v) is 18.6. The van der Waals surface area contributed by atoms with Gasteiger partial charge in [0.2, 0.25) is 0 Å². The second kappa shape index (κ2) is 9.42. The van der Waals surface area contributed by atoms with Gasteiger partial charge in [0.05, 0.1) is 10.6 Å². The highest BCUT2D eigenvalue weighted by molar-refractivity contribution is 7.93. The van der Waals surface area contributed by atoms with Gasteiger partial charge in [-0.15, -0.1) is 11.3 Å². The third-order valence-corrected chi connectivity index (χ3v) is 9.11. The number of aromatic amines is 1. The molecule has 9 heteroatoms. The molecule has 1 fully saturated rings. The quantitative estimate of drug-likeness (QED) is 0.580. The van der Waals surface area contributed by atoms with E-state index in [4.69, 9.17) is 0 Å². The molecule has 0 radical (unpaired) electrons. The largest absolute Gasteiger partial charge is 0.299 e. The number of H-pyrrole nitrogens is 1. The predicted molar refractivity (Wildman–Crippen MR) is 119 cm³/mol. The highest BCUT2D eigenvalue weighted by Gasteiger charge is 2.24. The molecule has 0 atom stereocenters. The van der Waals surface area contributed by atoms with E-state index < -0.39 is 9.84 Å². The molecule has 4 rings (SSSR count). The lowest BCUT2D eigenvalue weighted by molar-refractivity contribution is 0.173. The van der Waals surface area contributed by atoms with Gasteiger partial charge in [0.15, 0.2) is 9.84 Å². The molecule has 0 amide bonds. The maximum absolute atomic E-state index is 13.9. The van der Waals surface area contributed by atoms with Crippen LogP contribution in [-0.2, 0) is 16.4 Å². The summed E-state index contributed by atoms with van der Waals surface area (Å²) >= 11 is 1.17. The van der Waals surface area contributed by atoms with Gasteiger partial charge in [-0.25, -0.2) is 17.9 Å². The molecule has 1 saturated heterocycles. The summed E-state index contributed by atoms with van der Waals surface area (Å²) in [6.07, 6.45) is 2.46. The summed E-state index contributed by atoms with van der Waals surface area (Å²) in [6, 6.07) is 13.1. The van der Waals surface area contributed by atoms with Crippen LogP contribution < -0.4 is 5.56 Å². The molecular formula is C22H24FN3O3S2. The van der Waals surface area contributed by atoms with E-state index in [9.17, 15) is 17.6 Å². The molecule has 1 N–H and O–H groups in total. The summed E-state index contributed by atoms with van der Waals surface area (Å²) < 4.78 is 39.8. The van der Waals surface area contributed by atoms with Gasteiger partial charge in [-0.3, -0.25) is 9.69 Å². The van der Waals surface area contributed by atoms with Gasteiger partial charge >= 0.3 is 0 Å². The smallest absolute Gasteiger partial charge is 0.264 e.